The van der Waals surface area contributed by atoms with Gasteiger partial charge in [-0.25, -0.2) is 0 Å². The van der Waals surface area contributed by atoms with E-state index in [-0.39, 0.29) is 30.9 Å². The molecule has 0 unspecified atom stereocenters. The third-order valence-electron chi connectivity index (χ3n) is 4.24. The zero-order valence-electron chi connectivity index (χ0n) is 15.6. The molecule has 0 aliphatic carbocycles. The minimum Gasteiger partial charge on any atom is -0.332 e. The number of anilines is 1. The minimum absolute atomic E-state index is 0.00334. The van der Waals surface area contributed by atoms with Gasteiger partial charge < -0.3 is 15.5 Å². The summed E-state index contributed by atoms with van der Waals surface area (Å²) in [6.07, 6.45) is 0. The summed E-state index contributed by atoms with van der Waals surface area (Å²) in [5, 5.41) is 5.82. The maximum atomic E-state index is 12.3. The average Bonchev–Trinajstić information content (AvgIpc) is 2.61. The van der Waals surface area contributed by atoms with Crippen LogP contribution < -0.4 is 10.6 Å². The molecule has 0 aliphatic rings. The number of aryl methyl sites for hydroxylation is 1. The van der Waals surface area contributed by atoms with E-state index in [4.69, 9.17) is 23.2 Å². The second kappa shape index (κ2) is 9.74. The molecule has 2 aromatic carbocycles. The summed E-state index contributed by atoms with van der Waals surface area (Å²) < 4.78 is 0. The van der Waals surface area contributed by atoms with Crippen molar-refractivity contribution in [2.24, 2.45) is 0 Å². The molecule has 2 amide bonds. The van der Waals surface area contributed by atoms with E-state index in [1.165, 1.54) is 4.90 Å². The molecule has 0 radical (unpaired) electrons. The van der Waals surface area contributed by atoms with Gasteiger partial charge in [0.05, 0.1) is 11.6 Å². The van der Waals surface area contributed by atoms with Crippen LogP contribution in [0.3, 0.4) is 0 Å². The van der Waals surface area contributed by atoms with Gasteiger partial charge in [0.25, 0.3) is 5.91 Å². The van der Waals surface area contributed by atoms with Gasteiger partial charge in [0.1, 0.15) is 6.04 Å². The quantitative estimate of drug-likeness (QED) is 0.739. The van der Waals surface area contributed by atoms with E-state index >= 15 is 0 Å². The van der Waals surface area contributed by atoms with Gasteiger partial charge >= 0.3 is 0 Å². The number of hydrogen-bond acceptors (Lipinski definition) is 2. The van der Waals surface area contributed by atoms with Crippen LogP contribution in [0, 0.1) is 6.92 Å². The van der Waals surface area contributed by atoms with E-state index in [9.17, 15) is 9.59 Å². The number of quaternary nitrogens is 1. The van der Waals surface area contributed by atoms with Crippen molar-refractivity contribution in [3.05, 3.63) is 63.6 Å². The molecule has 0 aliphatic heterocycles. The zero-order chi connectivity index (χ0) is 20.0. The molecule has 0 fully saturated rings. The SMILES string of the molecule is Cc1ccc(NC(=O)CN(C)C(=O)C[NH2+][C@H](C)c2ccc(Cl)cc2Cl)cc1. The third-order valence-corrected chi connectivity index (χ3v) is 4.80. The van der Waals surface area contributed by atoms with Crippen molar-refractivity contribution in [1.29, 1.82) is 0 Å². The van der Waals surface area contributed by atoms with Crippen LogP contribution in [0.15, 0.2) is 42.5 Å². The minimum atomic E-state index is -0.233. The van der Waals surface area contributed by atoms with Crippen molar-refractivity contribution >= 4 is 40.7 Å². The maximum absolute atomic E-state index is 12.3. The Morgan fingerprint density at radius 1 is 1.15 bits per heavy atom. The van der Waals surface area contributed by atoms with E-state index in [0.29, 0.717) is 15.7 Å². The van der Waals surface area contributed by atoms with E-state index in [0.717, 1.165) is 11.1 Å². The first-order chi connectivity index (χ1) is 12.8. The van der Waals surface area contributed by atoms with Gasteiger partial charge in [0.2, 0.25) is 5.91 Å². The van der Waals surface area contributed by atoms with Gasteiger partial charge in [-0.1, -0.05) is 47.0 Å². The summed E-state index contributed by atoms with van der Waals surface area (Å²) in [7, 11) is 1.62. The molecule has 7 heteroatoms. The second-order valence-corrected chi connectivity index (χ2v) is 7.40. The van der Waals surface area contributed by atoms with Gasteiger partial charge in [-0.05, 0) is 38.1 Å². The van der Waals surface area contributed by atoms with Crippen molar-refractivity contribution < 1.29 is 14.9 Å². The van der Waals surface area contributed by atoms with E-state index in [2.05, 4.69) is 5.32 Å². The Labute approximate surface area is 169 Å². The molecule has 3 N–H and O–H groups in total. The lowest BCUT2D eigenvalue weighted by Crippen LogP contribution is -2.87. The van der Waals surface area contributed by atoms with Crippen LogP contribution in [0.4, 0.5) is 5.69 Å². The standard InChI is InChI=1S/C20H23Cl2N3O2/c1-13-4-7-16(8-5-13)24-19(26)12-25(3)20(27)11-23-14(2)17-9-6-15(21)10-18(17)22/h4-10,14,23H,11-12H2,1-3H3,(H,24,26)/p+1/t14-/m1/s1. The maximum Gasteiger partial charge on any atom is 0.277 e. The molecule has 0 heterocycles. The normalized spacial score (nSPS) is 11.7. The Bertz CT molecular complexity index is 809. The van der Waals surface area contributed by atoms with E-state index in [1.54, 1.807) is 19.2 Å². The van der Waals surface area contributed by atoms with E-state index in [1.807, 2.05) is 49.5 Å². The Hall–Kier alpha value is -2.08. The van der Waals surface area contributed by atoms with E-state index < -0.39 is 0 Å². The van der Waals surface area contributed by atoms with Gasteiger partial charge in [-0.2, -0.15) is 0 Å². The Morgan fingerprint density at radius 3 is 2.44 bits per heavy atom. The molecule has 2 aromatic rings. The lowest BCUT2D eigenvalue weighted by molar-refractivity contribution is -0.683. The lowest BCUT2D eigenvalue weighted by atomic mass is 10.1. The van der Waals surface area contributed by atoms with Crippen molar-refractivity contribution in [1.82, 2.24) is 4.90 Å². The predicted octanol–water partition coefficient (Wildman–Crippen LogP) is 3.02. The van der Waals surface area contributed by atoms with Crippen LogP contribution in [0.25, 0.3) is 0 Å². The fraction of sp³-hybridized carbons (Fsp3) is 0.300. The van der Waals surface area contributed by atoms with Crippen molar-refractivity contribution in [3.8, 4) is 0 Å². The first kappa shape index (κ1) is 21.2. The third kappa shape index (κ3) is 6.54. The Balaban J connectivity index is 1.82. The molecule has 27 heavy (non-hydrogen) atoms. The molecule has 5 nitrogen and oxygen atoms in total. The van der Waals surface area contributed by atoms with Crippen LogP contribution in [0.2, 0.25) is 10.0 Å². The highest BCUT2D eigenvalue weighted by Crippen LogP contribution is 2.24. The number of carbonyl (C=O) groups is 2. The van der Waals surface area contributed by atoms with Crippen LogP contribution in [0.5, 0.6) is 0 Å². The van der Waals surface area contributed by atoms with Crippen LogP contribution in [0.1, 0.15) is 24.1 Å². The number of nitrogens with one attached hydrogen (secondary N) is 1. The topological polar surface area (TPSA) is 66.0 Å². The molecule has 2 rings (SSSR count). The molecule has 144 valence electrons. The molecular weight excluding hydrogens is 385 g/mol. The molecule has 1 atom stereocenters. The molecular formula is C20H24Cl2N3O2+. The van der Waals surface area contributed by atoms with Crippen LogP contribution >= 0.6 is 23.2 Å². The molecule has 0 bridgehead atoms. The van der Waals surface area contributed by atoms with Crippen molar-refractivity contribution in [2.45, 2.75) is 19.9 Å². The second-order valence-electron chi connectivity index (χ2n) is 6.56. The zero-order valence-corrected chi connectivity index (χ0v) is 17.1. The summed E-state index contributed by atoms with van der Waals surface area (Å²) in [6, 6.07) is 12.8. The largest absolute Gasteiger partial charge is 0.332 e. The molecule has 0 aromatic heterocycles. The number of halogens is 2. The number of benzene rings is 2. The number of amides is 2. The summed E-state index contributed by atoms with van der Waals surface area (Å²) in [4.78, 5) is 25.8. The number of nitrogens with two attached hydrogens (primary N) is 1. The number of nitrogens with zero attached hydrogens (tertiary/aromatic N) is 1. The molecule has 0 saturated heterocycles. The number of carbonyl (C=O) groups excluding carboxylic acids is 2. The average molecular weight is 409 g/mol. The van der Waals surface area contributed by atoms with Crippen molar-refractivity contribution in [3.63, 3.8) is 0 Å². The monoisotopic (exact) mass is 408 g/mol. The highest BCUT2D eigenvalue weighted by molar-refractivity contribution is 6.35. The predicted molar refractivity (Wildman–Crippen MR) is 109 cm³/mol. The smallest absolute Gasteiger partial charge is 0.277 e. The molecule has 0 spiro atoms. The van der Waals surface area contributed by atoms with Gasteiger partial charge in [-0.3, -0.25) is 9.59 Å². The fourth-order valence-electron chi connectivity index (χ4n) is 2.57. The number of likely N-dealkylation sites (N-methyl/N-ethyl adjacent to an activating group) is 1. The number of rotatable bonds is 7. The lowest BCUT2D eigenvalue weighted by Gasteiger charge is -2.18. The summed E-state index contributed by atoms with van der Waals surface area (Å²) in [5.41, 5.74) is 2.74. The first-order valence-corrected chi connectivity index (χ1v) is 9.40. The first-order valence-electron chi connectivity index (χ1n) is 8.65. The Kier molecular flexibility index (Phi) is 7.66. The highest BCUT2D eigenvalue weighted by atomic mass is 35.5. The van der Waals surface area contributed by atoms with Gasteiger partial charge in [0.15, 0.2) is 6.54 Å². The highest BCUT2D eigenvalue weighted by Gasteiger charge is 2.18. The van der Waals surface area contributed by atoms with Gasteiger partial charge in [0, 0.05) is 23.3 Å². The summed E-state index contributed by atoms with van der Waals surface area (Å²) in [5.74, 6) is -0.366. The number of hydrogen-bond donors (Lipinski definition) is 2. The summed E-state index contributed by atoms with van der Waals surface area (Å²) >= 11 is 12.1. The molecule has 0 saturated carbocycles. The van der Waals surface area contributed by atoms with Crippen LogP contribution in [-0.4, -0.2) is 36.9 Å². The van der Waals surface area contributed by atoms with Gasteiger partial charge in [-0.15, -0.1) is 0 Å². The fourth-order valence-corrected chi connectivity index (χ4v) is 3.15. The van der Waals surface area contributed by atoms with Crippen LogP contribution in [-0.2, 0) is 9.59 Å². The summed E-state index contributed by atoms with van der Waals surface area (Å²) in [6.45, 7) is 4.16. The van der Waals surface area contributed by atoms with Crippen molar-refractivity contribution in [2.75, 3.05) is 25.5 Å². The Morgan fingerprint density at radius 2 is 1.81 bits per heavy atom.